The third-order valence-corrected chi connectivity index (χ3v) is 5.93. The fourth-order valence-corrected chi connectivity index (χ4v) is 4.17. The van der Waals surface area contributed by atoms with Crippen molar-refractivity contribution < 1.29 is 8.81 Å². The molecule has 32 heavy (non-hydrogen) atoms. The summed E-state index contributed by atoms with van der Waals surface area (Å²) in [5.41, 5.74) is 3.72. The molecule has 5 heteroatoms. The number of nitrogens with zero attached hydrogens (tertiary/aromatic N) is 3. The van der Waals surface area contributed by atoms with E-state index in [9.17, 15) is 4.39 Å². The molecule has 0 radical (unpaired) electrons. The molecule has 4 nitrogen and oxygen atoms in total. The molecule has 1 aromatic heterocycles. The first-order valence-electron chi connectivity index (χ1n) is 11.0. The lowest BCUT2D eigenvalue weighted by atomic mass is 10.1. The summed E-state index contributed by atoms with van der Waals surface area (Å²) < 4.78 is 20.3. The molecule has 0 amide bonds. The molecule has 3 aromatic carbocycles. The van der Waals surface area contributed by atoms with Crippen molar-refractivity contribution >= 4 is 0 Å². The first kappa shape index (κ1) is 20.6. The van der Waals surface area contributed by atoms with Gasteiger partial charge >= 0.3 is 0 Å². The van der Waals surface area contributed by atoms with Gasteiger partial charge in [0.2, 0.25) is 5.89 Å². The van der Waals surface area contributed by atoms with Crippen molar-refractivity contribution in [3.63, 3.8) is 0 Å². The molecule has 1 aliphatic rings. The van der Waals surface area contributed by atoms with Gasteiger partial charge in [-0.2, -0.15) is 0 Å². The fourth-order valence-electron chi connectivity index (χ4n) is 4.17. The topological polar surface area (TPSA) is 32.5 Å². The number of halogens is 1. The summed E-state index contributed by atoms with van der Waals surface area (Å²) in [4.78, 5) is 9.53. The van der Waals surface area contributed by atoms with E-state index in [2.05, 4.69) is 34.1 Å². The summed E-state index contributed by atoms with van der Waals surface area (Å²) in [6.07, 6.45) is 0. The van der Waals surface area contributed by atoms with Gasteiger partial charge in [0.25, 0.3) is 0 Å². The van der Waals surface area contributed by atoms with Crippen LogP contribution in [0.15, 0.2) is 89.3 Å². The van der Waals surface area contributed by atoms with Gasteiger partial charge in [-0.05, 0) is 6.07 Å². The maximum absolute atomic E-state index is 14.0. The smallest absolute Gasteiger partial charge is 0.209 e. The Morgan fingerprint density at radius 3 is 1.91 bits per heavy atom. The molecular formula is C27H26FN3O. The van der Waals surface area contributed by atoms with E-state index in [1.54, 1.807) is 6.07 Å². The number of benzene rings is 3. The second kappa shape index (κ2) is 9.47. The van der Waals surface area contributed by atoms with Gasteiger partial charge in [-0.1, -0.05) is 78.9 Å². The van der Waals surface area contributed by atoms with E-state index >= 15 is 0 Å². The molecule has 0 aliphatic carbocycles. The van der Waals surface area contributed by atoms with Crippen molar-refractivity contribution in [3.8, 4) is 22.6 Å². The van der Waals surface area contributed by atoms with Gasteiger partial charge in [0.05, 0.1) is 6.54 Å². The SMILES string of the molecule is Fc1ccccc1CN1CCN(Cc2nc(-c3ccccc3)c(-c3ccccc3)o2)CC1. The predicted octanol–water partition coefficient (Wildman–Crippen LogP) is 5.47. The highest BCUT2D eigenvalue weighted by molar-refractivity contribution is 5.76. The van der Waals surface area contributed by atoms with Crippen molar-refractivity contribution in [3.05, 3.63) is 102 Å². The number of piperazine rings is 1. The van der Waals surface area contributed by atoms with Crippen molar-refractivity contribution in [2.45, 2.75) is 13.1 Å². The van der Waals surface area contributed by atoms with Crippen LogP contribution in [-0.4, -0.2) is 41.0 Å². The molecule has 0 spiro atoms. The minimum atomic E-state index is -0.128. The molecule has 0 N–H and O–H groups in total. The van der Waals surface area contributed by atoms with Crippen LogP contribution >= 0.6 is 0 Å². The Morgan fingerprint density at radius 2 is 1.25 bits per heavy atom. The van der Waals surface area contributed by atoms with Gasteiger partial charge in [0.15, 0.2) is 5.76 Å². The van der Waals surface area contributed by atoms with Crippen molar-refractivity contribution in [1.29, 1.82) is 0 Å². The van der Waals surface area contributed by atoms with Crippen LogP contribution in [0.5, 0.6) is 0 Å². The van der Waals surface area contributed by atoms with E-state index in [4.69, 9.17) is 9.40 Å². The largest absolute Gasteiger partial charge is 0.439 e. The molecule has 1 fully saturated rings. The molecule has 1 saturated heterocycles. The molecular weight excluding hydrogens is 401 g/mol. The zero-order chi connectivity index (χ0) is 21.8. The monoisotopic (exact) mass is 427 g/mol. The average Bonchev–Trinajstić information content (AvgIpc) is 3.27. The lowest BCUT2D eigenvalue weighted by Crippen LogP contribution is -2.45. The summed E-state index contributed by atoms with van der Waals surface area (Å²) >= 11 is 0. The zero-order valence-electron chi connectivity index (χ0n) is 18.0. The van der Waals surface area contributed by atoms with E-state index in [1.807, 2.05) is 48.5 Å². The third-order valence-electron chi connectivity index (χ3n) is 5.93. The minimum absolute atomic E-state index is 0.128. The van der Waals surface area contributed by atoms with Crippen LogP contribution < -0.4 is 0 Å². The van der Waals surface area contributed by atoms with Crippen molar-refractivity contribution in [2.75, 3.05) is 26.2 Å². The van der Waals surface area contributed by atoms with Crippen LogP contribution in [-0.2, 0) is 13.1 Å². The van der Waals surface area contributed by atoms with E-state index < -0.39 is 0 Å². The number of rotatable bonds is 6. The molecule has 0 saturated carbocycles. The molecule has 0 unspecified atom stereocenters. The first-order chi connectivity index (χ1) is 15.8. The lowest BCUT2D eigenvalue weighted by molar-refractivity contribution is 0.114. The fraction of sp³-hybridized carbons (Fsp3) is 0.222. The number of aromatic nitrogens is 1. The molecule has 0 bridgehead atoms. The van der Waals surface area contributed by atoms with Crippen molar-refractivity contribution in [2.24, 2.45) is 0 Å². The minimum Gasteiger partial charge on any atom is -0.439 e. The zero-order valence-corrected chi connectivity index (χ0v) is 18.0. The quantitative estimate of drug-likeness (QED) is 0.409. The first-order valence-corrected chi connectivity index (χ1v) is 11.0. The Hall–Kier alpha value is -3.28. The molecule has 0 atom stereocenters. The highest BCUT2D eigenvalue weighted by atomic mass is 19.1. The maximum Gasteiger partial charge on any atom is 0.209 e. The number of oxazole rings is 1. The van der Waals surface area contributed by atoms with Gasteiger partial charge in [-0.3, -0.25) is 9.80 Å². The molecule has 2 heterocycles. The summed E-state index contributed by atoms with van der Waals surface area (Å²) in [5.74, 6) is 1.41. The molecule has 5 rings (SSSR count). The lowest BCUT2D eigenvalue weighted by Gasteiger charge is -2.34. The van der Waals surface area contributed by atoms with Crippen LogP contribution in [0.2, 0.25) is 0 Å². The van der Waals surface area contributed by atoms with E-state index in [0.29, 0.717) is 13.1 Å². The Morgan fingerprint density at radius 1 is 0.688 bits per heavy atom. The normalized spacial score (nSPS) is 15.2. The maximum atomic E-state index is 14.0. The van der Waals surface area contributed by atoms with Crippen molar-refractivity contribution in [1.82, 2.24) is 14.8 Å². The standard InChI is InChI=1S/C27H26FN3O/c28-24-14-8-7-13-23(24)19-30-15-17-31(18-16-30)20-25-29-26(21-9-3-1-4-10-21)27(32-25)22-11-5-2-6-12-22/h1-14H,15-20H2. The highest BCUT2D eigenvalue weighted by Crippen LogP contribution is 2.33. The number of hydrogen-bond acceptors (Lipinski definition) is 4. The summed E-state index contributed by atoms with van der Waals surface area (Å²) in [6.45, 7) is 4.91. The van der Waals surface area contributed by atoms with Crippen LogP contribution in [0.3, 0.4) is 0 Å². The number of hydrogen-bond donors (Lipinski definition) is 0. The molecule has 162 valence electrons. The van der Waals surface area contributed by atoms with Gasteiger partial charge in [-0.25, -0.2) is 9.37 Å². The second-order valence-corrected chi connectivity index (χ2v) is 8.16. The van der Waals surface area contributed by atoms with Gasteiger partial charge in [-0.15, -0.1) is 0 Å². The summed E-state index contributed by atoms with van der Waals surface area (Å²) in [6, 6.07) is 27.3. The summed E-state index contributed by atoms with van der Waals surface area (Å²) in [5, 5.41) is 0. The Labute approximate surface area is 187 Å². The van der Waals surface area contributed by atoms with Crippen LogP contribution in [0.1, 0.15) is 11.5 Å². The highest BCUT2D eigenvalue weighted by Gasteiger charge is 2.22. The predicted molar refractivity (Wildman–Crippen MR) is 124 cm³/mol. The van der Waals surface area contributed by atoms with Crippen LogP contribution in [0.4, 0.5) is 4.39 Å². The van der Waals surface area contributed by atoms with E-state index in [1.165, 1.54) is 6.07 Å². The van der Waals surface area contributed by atoms with E-state index in [-0.39, 0.29) is 5.82 Å². The second-order valence-electron chi connectivity index (χ2n) is 8.16. The van der Waals surface area contributed by atoms with Gasteiger partial charge < -0.3 is 4.42 Å². The Balaban J connectivity index is 1.29. The van der Waals surface area contributed by atoms with Crippen LogP contribution in [0, 0.1) is 5.82 Å². The molecule has 1 aliphatic heterocycles. The van der Waals surface area contributed by atoms with Gasteiger partial charge in [0.1, 0.15) is 11.5 Å². The Kier molecular flexibility index (Phi) is 6.10. The third kappa shape index (κ3) is 4.64. The average molecular weight is 428 g/mol. The summed E-state index contributed by atoms with van der Waals surface area (Å²) in [7, 11) is 0. The molecule has 4 aromatic rings. The Bertz CT molecular complexity index is 1100. The van der Waals surface area contributed by atoms with E-state index in [0.717, 1.165) is 60.2 Å². The van der Waals surface area contributed by atoms with Crippen LogP contribution in [0.25, 0.3) is 22.6 Å². The van der Waals surface area contributed by atoms with Gasteiger partial charge in [0, 0.05) is 49.4 Å².